The van der Waals surface area contributed by atoms with Gasteiger partial charge >= 0.3 is 0 Å². The Bertz CT molecular complexity index is 253. The van der Waals surface area contributed by atoms with Crippen molar-refractivity contribution in [3.63, 3.8) is 0 Å². The lowest BCUT2D eigenvalue weighted by atomic mass is 10.1. The zero-order valence-corrected chi connectivity index (χ0v) is 7.26. The summed E-state index contributed by atoms with van der Waals surface area (Å²) in [6.45, 7) is 1.87. The molecule has 2 nitrogen and oxygen atoms in total. The first-order valence-electron chi connectivity index (χ1n) is 3.88. The molecule has 0 radical (unpaired) electrons. The number of hydrogen-bond donors (Lipinski definition) is 2. The third kappa shape index (κ3) is 1.56. The molecule has 0 fully saturated rings. The molecule has 1 aromatic carbocycles. The number of rotatable bonds is 2. The number of benzene rings is 1. The first kappa shape index (κ1) is 9.00. The molecule has 0 amide bonds. The molecule has 0 aliphatic rings. The van der Waals surface area contributed by atoms with Crippen LogP contribution in [0.5, 0.6) is 0 Å². The molecule has 3 heteroatoms. The minimum Gasteiger partial charge on any atom is -0.398 e. The van der Waals surface area contributed by atoms with Crippen LogP contribution in [0.4, 0.5) is 10.1 Å². The largest absolute Gasteiger partial charge is 0.398 e. The molecule has 0 spiro atoms. The van der Waals surface area contributed by atoms with Crippen LogP contribution in [0.15, 0.2) is 18.2 Å². The van der Waals surface area contributed by atoms with Crippen molar-refractivity contribution < 1.29 is 4.39 Å². The molecule has 1 atom stereocenters. The number of nitrogens with two attached hydrogens (primary N) is 1. The highest BCUT2D eigenvalue weighted by Gasteiger charge is 2.11. The third-order valence-corrected chi connectivity index (χ3v) is 1.95. The zero-order valence-electron chi connectivity index (χ0n) is 7.26. The van der Waals surface area contributed by atoms with Gasteiger partial charge in [-0.2, -0.15) is 0 Å². The fourth-order valence-corrected chi connectivity index (χ4v) is 1.15. The van der Waals surface area contributed by atoms with Gasteiger partial charge in [0.1, 0.15) is 5.82 Å². The SMILES string of the molecule is CNC(C)c1c(N)cccc1F. The van der Waals surface area contributed by atoms with Crippen LogP contribution in [0.1, 0.15) is 18.5 Å². The lowest BCUT2D eigenvalue weighted by molar-refractivity contribution is 0.564. The fraction of sp³-hybridized carbons (Fsp3) is 0.333. The van der Waals surface area contributed by atoms with Gasteiger partial charge in [-0.25, -0.2) is 4.39 Å². The first-order valence-corrected chi connectivity index (χ1v) is 3.88. The van der Waals surface area contributed by atoms with E-state index in [0.29, 0.717) is 11.3 Å². The van der Waals surface area contributed by atoms with Crippen molar-refractivity contribution in [2.45, 2.75) is 13.0 Å². The van der Waals surface area contributed by atoms with Gasteiger partial charge in [0, 0.05) is 17.3 Å². The van der Waals surface area contributed by atoms with E-state index in [0.717, 1.165) is 0 Å². The smallest absolute Gasteiger partial charge is 0.130 e. The summed E-state index contributed by atoms with van der Waals surface area (Å²) in [5.41, 5.74) is 6.66. The Hall–Kier alpha value is -1.09. The van der Waals surface area contributed by atoms with E-state index in [4.69, 9.17) is 5.73 Å². The molecule has 0 heterocycles. The van der Waals surface area contributed by atoms with Crippen molar-refractivity contribution in [2.75, 3.05) is 12.8 Å². The summed E-state index contributed by atoms with van der Waals surface area (Å²) in [5.74, 6) is -0.253. The predicted molar refractivity (Wildman–Crippen MR) is 48.3 cm³/mol. The molecule has 66 valence electrons. The quantitative estimate of drug-likeness (QED) is 0.659. The van der Waals surface area contributed by atoms with Crippen molar-refractivity contribution in [1.82, 2.24) is 5.32 Å². The molecule has 0 aliphatic carbocycles. The van der Waals surface area contributed by atoms with E-state index in [9.17, 15) is 4.39 Å². The minimum absolute atomic E-state index is 0.0498. The van der Waals surface area contributed by atoms with E-state index in [1.54, 1.807) is 19.2 Å². The molecule has 3 N–H and O–H groups in total. The Morgan fingerprint density at radius 3 is 2.67 bits per heavy atom. The van der Waals surface area contributed by atoms with Crippen LogP contribution in [-0.4, -0.2) is 7.05 Å². The molecule has 0 aromatic heterocycles. The maximum atomic E-state index is 13.2. The highest BCUT2D eigenvalue weighted by atomic mass is 19.1. The van der Waals surface area contributed by atoms with Crippen LogP contribution >= 0.6 is 0 Å². The maximum absolute atomic E-state index is 13.2. The number of halogens is 1. The summed E-state index contributed by atoms with van der Waals surface area (Å²) in [6.07, 6.45) is 0. The monoisotopic (exact) mass is 168 g/mol. The van der Waals surface area contributed by atoms with Crippen LogP contribution < -0.4 is 11.1 Å². The standard InChI is InChI=1S/C9H13FN2/c1-6(12-2)9-7(10)4-3-5-8(9)11/h3-6,12H,11H2,1-2H3. The van der Waals surface area contributed by atoms with Crippen molar-refractivity contribution in [1.29, 1.82) is 0 Å². The lowest BCUT2D eigenvalue weighted by Gasteiger charge is -2.13. The normalized spacial score (nSPS) is 12.9. The summed E-state index contributed by atoms with van der Waals surface area (Å²) < 4.78 is 13.2. The van der Waals surface area contributed by atoms with Crippen molar-refractivity contribution in [3.8, 4) is 0 Å². The van der Waals surface area contributed by atoms with Crippen LogP contribution in [0, 0.1) is 5.82 Å². The Kier molecular flexibility index (Phi) is 2.65. The second-order valence-electron chi connectivity index (χ2n) is 2.75. The van der Waals surface area contributed by atoms with Gasteiger partial charge in [-0.1, -0.05) is 6.07 Å². The van der Waals surface area contributed by atoms with Gasteiger partial charge in [-0.3, -0.25) is 0 Å². The van der Waals surface area contributed by atoms with Gasteiger partial charge < -0.3 is 11.1 Å². The molecular formula is C9H13FN2. The number of nitrogens with one attached hydrogen (secondary N) is 1. The summed E-state index contributed by atoms with van der Waals surface area (Å²) in [7, 11) is 1.77. The molecule has 0 saturated carbocycles. The van der Waals surface area contributed by atoms with Gasteiger partial charge in [0.05, 0.1) is 0 Å². The van der Waals surface area contributed by atoms with Crippen LogP contribution in [0.2, 0.25) is 0 Å². The van der Waals surface area contributed by atoms with Gasteiger partial charge in [-0.05, 0) is 26.1 Å². The first-order chi connectivity index (χ1) is 5.66. The average Bonchev–Trinajstić information content (AvgIpc) is 2.03. The molecule has 0 saturated heterocycles. The molecule has 1 unspecified atom stereocenters. The summed E-state index contributed by atoms with van der Waals surface area (Å²) in [6, 6.07) is 4.67. The number of nitrogen functional groups attached to an aromatic ring is 1. The molecule has 1 aromatic rings. The lowest BCUT2D eigenvalue weighted by Crippen LogP contribution is -2.15. The topological polar surface area (TPSA) is 38.0 Å². The number of anilines is 1. The minimum atomic E-state index is -0.253. The molecule has 0 aliphatic heterocycles. The van der Waals surface area contributed by atoms with E-state index in [1.165, 1.54) is 6.07 Å². The van der Waals surface area contributed by atoms with E-state index in [2.05, 4.69) is 5.32 Å². The Morgan fingerprint density at radius 1 is 1.50 bits per heavy atom. The van der Waals surface area contributed by atoms with Gasteiger partial charge in [-0.15, -0.1) is 0 Å². The summed E-state index contributed by atoms with van der Waals surface area (Å²) in [5, 5.41) is 2.94. The van der Waals surface area contributed by atoms with Gasteiger partial charge in [0.25, 0.3) is 0 Å². The van der Waals surface area contributed by atoms with Crippen molar-refractivity contribution in [2.24, 2.45) is 0 Å². The van der Waals surface area contributed by atoms with Crippen LogP contribution in [-0.2, 0) is 0 Å². The van der Waals surface area contributed by atoms with Gasteiger partial charge in [0.15, 0.2) is 0 Å². The maximum Gasteiger partial charge on any atom is 0.130 e. The molecule has 1 rings (SSSR count). The van der Waals surface area contributed by atoms with Crippen LogP contribution in [0.3, 0.4) is 0 Å². The van der Waals surface area contributed by atoms with Crippen molar-refractivity contribution >= 4 is 5.69 Å². The zero-order chi connectivity index (χ0) is 9.14. The highest BCUT2D eigenvalue weighted by Crippen LogP contribution is 2.22. The molecule has 0 bridgehead atoms. The third-order valence-electron chi connectivity index (χ3n) is 1.95. The average molecular weight is 168 g/mol. The molecule has 12 heavy (non-hydrogen) atoms. The second kappa shape index (κ2) is 3.54. The summed E-state index contributed by atoms with van der Waals surface area (Å²) in [4.78, 5) is 0. The van der Waals surface area contributed by atoms with Crippen LogP contribution in [0.25, 0.3) is 0 Å². The molecular weight excluding hydrogens is 155 g/mol. The van der Waals surface area contributed by atoms with E-state index in [1.807, 2.05) is 6.92 Å². The van der Waals surface area contributed by atoms with E-state index >= 15 is 0 Å². The highest BCUT2D eigenvalue weighted by molar-refractivity contribution is 5.48. The second-order valence-corrected chi connectivity index (χ2v) is 2.75. The fourth-order valence-electron chi connectivity index (χ4n) is 1.15. The Labute approximate surface area is 71.6 Å². The van der Waals surface area contributed by atoms with Crippen molar-refractivity contribution in [3.05, 3.63) is 29.6 Å². The number of hydrogen-bond acceptors (Lipinski definition) is 2. The summed E-state index contributed by atoms with van der Waals surface area (Å²) >= 11 is 0. The Balaban J connectivity index is 3.12. The predicted octanol–water partition coefficient (Wildman–Crippen LogP) is 1.69. The van der Waals surface area contributed by atoms with Gasteiger partial charge in [0.2, 0.25) is 0 Å². The Morgan fingerprint density at radius 2 is 2.17 bits per heavy atom. The van der Waals surface area contributed by atoms with E-state index in [-0.39, 0.29) is 11.9 Å². The van der Waals surface area contributed by atoms with E-state index < -0.39 is 0 Å².